The second-order valence-electron chi connectivity index (χ2n) is 7.09. The van der Waals surface area contributed by atoms with Gasteiger partial charge in [0.05, 0.1) is 5.69 Å². The molecule has 0 spiro atoms. The smallest absolute Gasteiger partial charge is 0.266 e. The Morgan fingerprint density at radius 2 is 1.83 bits per heavy atom. The highest BCUT2D eigenvalue weighted by molar-refractivity contribution is 6.09. The lowest BCUT2D eigenvalue weighted by Crippen LogP contribution is -2.13. The van der Waals surface area contributed by atoms with Crippen molar-refractivity contribution in [3.8, 4) is 11.8 Å². The minimum Gasteiger partial charge on any atom is -0.321 e. The third-order valence-electron chi connectivity index (χ3n) is 5.09. The van der Waals surface area contributed by atoms with Crippen LogP contribution in [-0.2, 0) is 11.2 Å². The van der Waals surface area contributed by atoms with Crippen LogP contribution in [0.4, 0.5) is 5.69 Å². The van der Waals surface area contributed by atoms with Gasteiger partial charge in [0, 0.05) is 17.1 Å². The van der Waals surface area contributed by atoms with Crippen molar-refractivity contribution in [3.63, 3.8) is 0 Å². The molecule has 0 atom stereocenters. The molecule has 29 heavy (non-hydrogen) atoms. The Morgan fingerprint density at radius 1 is 1.10 bits per heavy atom. The summed E-state index contributed by atoms with van der Waals surface area (Å²) in [5, 5.41) is 12.3. The summed E-state index contributed by atoms with van der Waals surface area (Å²) in [6.45, 7) is 8.33. The summed E-state index contributed by atoms with van der Waals surface area (Å²) >= 11 is 0. The van der Waals surface area contributed by atoms with Gasteiger partial charge in [-0.25, -0.2) is 0 Å². The monoisotopic (exact) mass is 383 g/mol. The molecule has 146 valence electrons. The zero-order valence-corrected chi connectivity index (χ0v) is 17.3. The molecule has 0 radical (unpaired) electrons. The van der Waals surface area contributed by atoms with Crippen LogP contribution < -0.4 is 5.32 Å². The summed E-state index contributed by atoms with van der Waals surface area (Å²) in [7, 11) is 0. The summed E-state index contributed by atoms with van der Waals surface area (Å²) in [6, 6.07) is 19.5. The molecular weight excluding hydrogens is 358 g/mol. The fourth-order valence-corrected chi connectivity index (χ4v) is 3.63. The van der Waals surface area contributed by atoms with Gasteiger partial charge in [-0.3, -0.25) is 4.79 Å². The van der Waals surface area contributed by atoms with Crippen LogP contribution in [0.5, 0.6) is 0 Å². The lowest BCUT2D eigenvalue weighted by Gasteiger charge is -2.17. The number of hydrogen-bond acceptors (Lipinski definition) is 2. The van der Waals surface area contributed by atoms with E-state index in [9.17, 15) is 10.1 Å². The molecule has 4 heteroatoms. The maximum Gasteiger partial charge on any atom is 0.266 e. The first-order valence-electron chi connectivity index (χ1n) is 9.72. The Balaban J connectivity index is 2.02. The van der Waals surface area contributed by atoms with Crippen LogP contribution in [0.25, 0.3) is 11.8 Å². The lowest BCUT2D eigenvalue weighted by atomic mass is 10.1. The van der Waals surface area contributed by atoms with Crippen LogP contribution in [0.2, 0.25) is 0 Å². The number of para-hydroxylation sites is 2. The molecule has 3 rings (SSSR count). The second kappa shape index (κ2) is 8.62. The van der Waals surface area contributed by atoms with E-state index in [0.29, 0.717) is 5.69 Å². The number of rotatable bonds is 5. The van der Waals surface area contributed by atoms with Crippen LogP contribution in [0, 0.1) is 32.1 Å². The van der Waals surface area contributed by atoms with Crippen LogP contribution in [0.15, 0.2) is 60.2 Å². The van der Waals surface area contributed by atoms with Gasteiger partial charge >= 0.3 is 0 Å². The van der Waals surface area contributed by atoms with Crippen molar-refractivity contribution in [1.29, 1.82) is 5.26 Å². The van der Waals surface area contributed by atoms with Crippen molar-refractivity contribution in [1.82, 2.24) is 4.57 Å². The quantitative estimate of drug-likeness (QED) is 0.466. The molecule has 0 unspecified atom stereocenters. The fourth-order valence-electron chi connectivity index (χ4n) is 3.63. The highest BCUT2D eigenvalue weighted by Gasteiger charge is 2.16. The first-order valence-corrected chi connectivity index (χ1v) is 9.72. The Kier molecular flexibility index (Phi) is 5.99. The van der Waals surface area contributed by atoms with E-state index in [-0.39, 0.29) is 5.57 Å². The van der Waals surface area contributed by atoms with Crippen molar-refractivity contribution in [2.75, 3.05) is 5.32 Å². The second-order valence-corrected chi connectivity index (χ2v) is 7.09. The normalized spacial score (nSPS) is 11.2. The molecule has 0 aliphatic rings. The largest absolute Gasteiger partial charge is 0.321 e. The maximum atomic E-state index is 12.6. The summed E-state index contributed by atoms with van der Waals surface area (Å²) in [5.41, 5.74) is 7.33. The molecule has 1 aromatic heterocycles. The van der Waals surface area contributed by atoms with Gasteiger partial charge in [-0.2, -0.15) is 5.26 Å². The number of hydrogen-bond donors (Lipinski definition) is 1. The number of benzene rings is 2. The molecule has 2 aromatic carbocycles. The molecule has 0 aliphatic heterocycles. The third kappa shape index (κ3) is 4.14. The molecule has 0 saturated heterocycles. The number of aromatic nitrogens is 1. The van der Waals surface area contributed by atoms with Crippen LogP contribution in [-0.4, -0.2) is 10.5 Å². The zero-order chi connectivity index (χ0) is 21.0. The van der Waals surface area contributed by atoms with Gasteiger partial charge in [-0.1, -0.05) is 43.3 Å². The van der Waals surface area contributed by atoms with Crippen molar-refractivity contribution >= 4 is 17.7 Å². The van der Waals surface area contributed by atoms with Crippen molar-refractivity contribution in [2.24, 2.45) is 0 Å². The number of anilines is 1. The fraction of sp³-hybridized carbons (Fsp3) is 0.200. The number of nitriles is 1. The van der Waals surface area contributed by atoms with Crippen molar-refractivity contribution < 1.29 is 4.79 Å². The van der Waals surface area contributed by atoms with Gasteiger partial charge in [0.2, 0.25) is 0 Å². The minimum atomic E-state index is -0.409. The number of aryl methyl sites for hydroxylation is 3. The third-order valence-corrected chi connectivity index (χ3v) is 5.09. The summed E-state index contributed by atoms with van der Waals surface area (Å²) in [6.07, 6.45) is 2.60. The average molecular weight is 383 g/mol. The molecule has 4 nitrogen and oxygen atoms in total. The Hall–Kier alpha value is -3.58. The minimum absolute atomic E-state index is 0.0783. The first-order chi connectivity index (χ1) is 14.0. The van der Waals surface area contributed by atoms with Gasteiger partial charge in [0.15, 0.2) is 0 Å². The number of nitrogens with zero attached hydrogens (tertiary/aromatic N) is 2. The molecule has 3 aromatic rings. The molecule has 1 N–H and O–H groups in total. The van der Waals surface area contributed by atoms with Gasteiger partial charge in [-0.15, -0.1) is 0 Å². The highest BCUT2D eigenvalue weighted by Crippen LogP contribution is 2.28. The standard InChI is InChI=1S/C25H25N3O/c1-5-20-11-9-10-17(2)24(20)28-18(3)14-21(19(28)4)15-22(16-26)25(29)27-23-12-7-6-8-13-23/h6-15H,5H2,1-4H3,(H,27,29)/b22-15-. The molecular formula is C25H25N3O. The Morgan fingerprint density at radius 3 is 2.48 bits per heavy atom. The molecule has 1 amide bonds. The van der Waals surface area contributed by atoms with E-state index in [1.807, 2.05) is 44.2 Å². The average Bonchev–Trinajstić information content (AvgIpc) is 2.99. The van der Waals surface area contributed by atoms with Crippen molar-refractivity contribution in [2.45, 2.75) is 34.1 Å². The number of carbonyl (C=O) groups excluding carboxylic acids is 1. The van der Waals surface area contributed by atoms with Crippen LogP contribution in [0.1, 0.15) is 35.0 Å². The Bertz CT molecular complexity index is 1110. The molecule has 0 aliphatic carbocycles. The highest BCUT2D eigenvalue weighted by atomic mass is 16.1. The zero-order valence-electron chi connectivity index (χ0n) is 17.3. The number of amides is 1. The van der Waals surface area contributed by atoms with E-state index in [1.165, 1.54) is 16.8 Å². The summed E-state index contributed by atoms with van der Waals surface area (Å²) in [5.74, 6) is -0.409. The number of carbonyl (C=O) groups is 1. The van der Waals surface area contributed by atoms with E-state index >= 15 is 0 Å². The molecule has 0 bridgehead atoms. The first kappa shape index (κ1) is 20.2. The predicted molar refractivity (Wildman–Crippen MR) is 118 cm³/mol. The van der Waals surface area contributed by atoms with Gasteiger partial charge in [0.1, 0.15) is 11.6 Å². The van der Waals surface area contributed by atoms with E-state index in [4.69, 9.17) is 0 Å². The molecule has 0 fully saturated rings. The van der Waals surface area contributed by atoms with Gasteiger partial charge < -0.3 is 9.88 Å². The van der Waals surface area contributed by atoms with E-state index in [1.54, 1.807) is 18.2 Å². The summed E-state index contributed by atoms with van der Waals surface area (Å²) < 4.78 is 2.21. The molecule has 1 heterocycles. The molecule has 0 saturated carbocycles. The van der Waals surface area contributed by atoms with Crippen LogP contribution >= 0.6 is 0 Å². The van der Waals surface area contributed by atoms with Crippen LogP contribution in [0.3, 0.4) is 0 Å². The lowest BCUT2D eigenvalue weighted by molar-refractivity contribution is -0.112. The van der Waals surface area contributed by atoms with E-state index in [0.717, 1.165) is 23.4 Å². The van der Waals surface area contributed by atoms with E-state index < -0.39 is 5.91 Å². The number of nitrogens with one attached hydrogen (secondary N) is 1. The summed E-state index contributed by atoms with van der Waals surface area (Å²) in [4.78, 5) is 12.6. The maximum absolute atomic E-state index is 12.6. The van der Waals surface area contributed by atoms with Gasteiger partial charge in [-0.05, 0) is 68.2 Å². The SMILES string of the molecule is CCc1cccc(C)c1-n1c(C)cc(/C=C(/C#N)C(=O)Nc2ccccc2)c1C. The van der Waals surface area contributed by atoms with Crippen molar-refractivity contribution in [3.05, 3.63) is 88.2 Å². The Labute approximate surface area is 172 Å². The predicted octanol–water partition coefficient (Wildman–Crippen LogP) is 5.51. The van der Waals surface area contributed by atoms with Gasteiger partial charge in [0.25, 0.3) is 5.91 Å². The van der Waals surface area contributed by atoms with E-state index in [2.05, 4.69) is 41.9 Å². The topological polar surface area (TPSA) is 57.8 Å².